The van der Waals surface area contributed by atoms with Crippen molar-refractivity contribution in [2.75, 3.05) is 26.2 Å². The van der Waals surface area contributed by atoms with Crippen molar-refractivity contribution >= 4 is 0 Å². The Bertz CT molecular complexity index is 413. The van der Waals surface area contributed by atoms with E-state index in [2.05, 4.69) is 9.64 Å². The highest BCUT2D eigenvalue weighted by atomic mass is 19.3. The van der Waals surface area contributed by atoms with Crippen LogP contribution in [0.1, 0.15) is 18.6 Å². The monoisotopic (exact) mass is 287 g/mol. The van der Waals surface area contributed by atoms with Crippen molar-refractivity contribution in [2.45, 2.75) is 25.7 Å². The summed E-state index contributed by atoms with van der Waals surface area (Å²) in [5.41, 5.74) is 0.686. The summed E-state index contributed by atoms with van der Waals surface area (Å²) in [6.07, 6.45) is -0.487. The minimum atomic E-state index is -2.83. The average Bonchev–Trinajstić information content (AvgIpc) is 2.38. The first-order valence-corrected chi connectivity index (χ1v) is 6.61. The Morgan fingerprint density at radius 2 is 2.10 bits per heavy atom. The maximum atomic E-state index is 12.0. The molecule has 1 aliphatic rings. The highest BCUT2D eigenvalue weighted by Gasteiger charge is 2.20. The third kappa shape index (κ3) is 4.40. The molecule has 1 N–H and O–H groups in total. The molecule has 0 saturated carbocycles. The van der Waals surface area contributed by atoms with E-state index in [1.165, 1.54) is 12.1 Å². The van der Waals surface area contributed by atoms with E-state index in [0.29, 0.717) is 18.7 Å². The number of rotatable bonds is 5. The van der Waals surface area contributed by atoms with Crippen LogP contribution in [0.5, 0.6) is 5.75 Å². The van der Waals surface area contributed by atoms with Crippen molar-refractivity contribution in [3.8, 4) is 5.75 Å². The van der Waals surface area contributed by atoms with Gasteiger partial charge in [-0.25, -0.2) is 0 Å². The van der Waals surface area contributed by atoms with Gasteiger partial charge >= 0.3 is 6.61 Å². The highest BCUT2D eigenvalue weighted by Crippen LogP contribution is 2.20. The van der Waals surface area contributed by atoms with Gasteiger partial charge in [-0.1, -0.05) is 12.1 Å². The summed E-state index contributed by atoms with van der Waals surface area (Å²) in [5.74, 6) is 0.0935. The number of morpholine rings is 1. The molecule has 4 nitrogen and oxygen atoms in total. The quantitative estimate of drug-likeness (QED) is 0.900. The largest absolute Gasteiger partial charge is 0.435 e. The fourth-order valence-corrected chi connectivity index (χ4v) is 2.28. The van der Waals surface area contributed by atoms with Gasteiger partial charge in [0.1, 0.15) is 5.75 Å². The SMILES string of the molecule is CC1CN(CC(O)c2ccc(OC(F)F)cc2)CCO1. The van der Waals surface area contributed by atoms with Crippen LogP contribution in [-0.4, -0.2) is 49.0 Å². The second kappa shape index (κ2) is 6.97. The first kappa shape index (κ1) is 15.2. The van der Waals surface area contributed by atoms with Crippen LogP contribution in [0.25, 0.3) is 0 Å². The Morgan fingerprint density at radius 1 is 1.40 bits per heavy atom. The molecule has 112 valence electrons. The number of β-amino-alcohol motifs (C(OH)–C–C–N with tert-alkyl or cyclic N) is 1. The Balaban J connectivity index is 1.90. The minimum Gasteiger partial charge on any atom is -0.435 e. The lowest BCUT2D eigenvalue weighted by atomic mass is 10.1. The molecule has 1 aliphatic heterocycles. The van der Waals surface area contributed by atoms with E-state index in [4.69, 9.17) is 4.74 Å². The summed E-state index contributed by atoms with van der Waals surface area (Å²) >= 11 is 0. The van der Waals surface area contributed by atoms with Crippen molar-refractivity contribution in [1.82, 2.24) is 4.90 Å². The van der Waals surface area contributed by atoms with Gasteiger partial charge in [0.25, 0.3) is 0 Å². The van der Waals surface area contributed by atoms with Crippen molar-refractivity contribution < 1.29 is 23.4 Å². The average molecular weight is 287 g/mol. The van der Waals surface area contributed by atoms with E-state index in [1.54, 1.807) is 12.1 Å². The van der Waals surface area contributed by atoms with E-state index in [1.807, 2.05) is 6.92 Å². The molecular weight excluding hydrogens is 268 g/mol. The zero-order valence-corrected chi connectivity index (χ0v) is 11.3. The molecule has 6 heteroatoms. The topological polar surface area (TPSA) is 41.9 Å². The molecule has 1 saturated heterocycles. The van der Waals surface area contributed by atoms with Gasteiger partial charge in [0.05, 0.1) is 18.8 Å². The highest BCUT2D eigenvalue weighted by molar-refractivity contribution is 5.28. The van der Waals surface area contributed by atoms with Crippen molar-refractivity contribution in [1.29, 1.82) is 0 Å². The summed E-state index contributed by atoms with van der Waals surface area (Å²) in [4.78, 5) is 2.13. The van der Waals surface area contributed by atoms with Gasteiger partial charge in [-0.2, -0.15) is 8.78 Å². The van der Waals surface area contributed by atoms with Gasteiger partial charge in [0.15, 0.2) is 0 Å². The molecule has 0 aromatic heterocycles. The smallest absolute Gasteiger partial charge is 0.387 e. The lowest BCUT2D eigenvalue weighted by Gasteiger charge is -2.32. The maximum Gasteiger partial charge on any atom is 0.387 e. The second-order valence-corrected chi connectivity index (χ2v) is 4.90. The third-order valence-corrected chi connectivity index (χ3v) is 3.25. The molecule has 0 spiro atoms. The molecular formula is C14H19F2NO3. The number of hydrogen-bond donors (Lipinski definition) is 1. The summed E-state index contributed by atoms with van der Waals surface area (Å²) < 4.78 is 33.8. The number of aliphatic hydroxyl groups is 1. The Hall–Kier alpha value is -1.24. The van der Waals surface area contributed by atoms with Crippen LogP contribution >= 0.6 is 0 Å². The predicted molar refractivity (Wildman–Crippen MR) is 69.9 cm³/mol. The van der Waals surface area contributed by atoms with Crippen LogP contribution in [0.3, 0.4) is 0 Å². The van der Waals surface area contributed by atoms with Gasteiger partial charge in [0.2, 0.25) is 0 Å². The molecule has 2 rings (SSSR count). The van der Waals surface area contributed by atoms with E-state index < -0.39 is 12.7 Å². The molecule has 1 fully saturated rings. The molecule has 1 heterocycles. The van der Waals surface area contributed by atoms with Crippen LogP contribution in [0, 0.1) is 0 Å². The van der Waals surface area contributed by atoms with Crippen LogP contribution in [0.2, 0.25) is 0 Å². The van der Waals surface area contributed by atoms with Gasteiger partial charge in [-0.05, 0) is 24.6 Å². The van der Waals surface area contributed by atoms with Gasteiger partial charge in [0, 0.05) is 19.6 Å². The van der Waals surface area contributed by atoms with Crippen molar-refractivity contribution in [3.63, 3.8) is 0 Å². The maximum absolute atomic E-state index is 12.0. The molecule has 0 amide bonds. The number of hydrogen-bond acceptors (Lipinski definition) is 4. The lowest BCUT2D eigenvalue weighted by molar-refractivity contribution is -0.0498. The van der Waals surface area contributed by atoms with Crippen molar-refractivity contribution in [3.05, 3.63) is 29.8 Å². The summed E-state index contributed by atoms with van der Waals surface area (Å²) in [6, 6.07) is 6.08. The fourth-order valence-electron chi connectivity index (χ4n) is 2.28. The van der Waals surface area contributed by atoms with Crippen LogP contribution < -0.4 is 4.74 Å². The number of nitrogens with zero attached hydrogens (tertiary/aromatic N) is 1. The zero-order chi connectivity index (χ0) is 14.5. The second-order valence-electron chi connectivity index (χ2n) is 4.90. The summed E-state index contributed by atoms with van der Waals surface area (Å²) in [6.45, 7) is 1.89. The van der Waals surface area contributed by atoms with Crippen LogP contribution in [-0.2, 0) is 4.74 Å². The molecule has 0 bridgehead atoms. The first-order chi connectivity index (χ1) is 9.54. The van der Waals surface area contributed by atoms with E-state index in [9.17, 15) is 13.9 Å². The standard InChI is InChI=1S/C14H19F2NO3/c1-10-8-17(6-7-19-10)9-13(18)11-2-4-12(5-3-11)20-14(15)16/h2-5,10,13-14,18H,6-9H2,1H3. The summed E-state index contributed by atoms with van der Waals surface area (Å²) in [7, 11) is 0. The van der Waals surface area contributed by atoms with Crippen molar-refractivity contribution in [2.24, 2.45) is 0 Å². The number of benzene rings is 1. The lowest BCUT2D eigenvalue weighted by Crippen LogP contribution is -2.42. The number of aliphatic hydroxyl groups excluding tert-OH is 1. The normalized spacial score (nSPS) is 21.9. The number of ether oxygens (including phenoxy) is 2. The van der Waals surface area contributed by atoms with Gasteiger partial charge < -0.3 is 14.6 Å². The van der Waals surface area contributed by atoms with Gasteiger partial charge in [-0.15, -0.1) is 0 Å². The Kier molecular flexibility index (Phi) is 5.28. The Labute approximate surface area is 116 Å². The molecule has 0 aliphatic carbocycles. The molecule has 0 radical (unpaired) electrons. The summed E-state index contributed by atoms with van der Waals surface area (Å²) in [5, 5.41) is 10.2. The third-order valence-electron chi connectivity index (χ3n) is 3.25. The van der Waals surface area contributed by atoms with E-state index in [0.717, 1.165) is 13.1 Å². The fraction of sp³-hybridized carbons (Fsp3) is 0.571. The Morgan fingerprint density at radius 3 is 2.70 bits per heavy atom. The zero-order valence-electron chi connectivity index (χ0n) is 11.3. The van der Waals surface area contributed by atoms with Gasteiger partial charge in [-0.3, -0.25) is 4.90 Å². The number of halogens is 2. The van der Waals surface area contributed by atoms with E-state index >= 15 is 0 Å². The molecule has 2 unspecified atom stereocenters. The molecule has 1 aromatic carbocycles. The molecule has 2 atom stereocenters. The molecule has 1 aromatic rings. The predicted octanol–water partition coefficient (Wildman–Crippen LogP) is 2.04. The minimum absolute atomic E-state index is 0.0935. The number of alkyl halides is 2. The van der Waals surface area contributed by atoms with Crippen LogP contribution in [0.4, 0.5) is 8.78 Å². The van der Waals surface area contributed by atoms with Crippen LogP contribution in [0.15, 0.2) is 24.3 Å². The first-order valence-electron chi connectivity index (χ1n) is 6.61. The molecule has 20 heavy (non-hydrogen) atoms. The van der Waals surface area contributed by atoms with E-state index in [-0.39, 0.29) is 11.9 Å².